The van der Waals surface area contributed by atoms with E-state index in [1.54, 1.807) is 30.0 Å². The van der Waals surface area contributed by atoms with E-state index in [1.807, 2.05) is 6.07 Å². The molecule has 1 aromatic heterocycles. The molecule has 6 nitrogen and oxygen atoms in total. The van der Waals surface area contributed by atoms with Gasteiger partial charge >= 0.3 is 6.03 Å². The van der Waals surface area contributed by atoms with Crippen molar-refractivity contribution in [2.24, 2.45) is 11.8 Å². The van der Waals surface area contributed by atoms with Gasteiger partial charge in [-0.3, -0.25) is 4.79 Å². The van der Waals surface area contributed by atoms with Gasteiger partial charge < -0.3 is 14.7 Å². The molecule has 0 bridgehead atoms. The minimum absolute atomic E-state index is 0.00917. The lowest BCUT2D eigenvalue weighted by Gasteiger charge is -2.31. The lowest BCUT2D eigenvalue weighted by Crippen LogP contribution is -2.42. The number of halogens is 2. The van der Waals surface area contributed by atoms with Crippen LogP contribution in [0.25, 0.3) is 0 Å². The standard InChI is InChI=1S/C21H22F2N4O2/c1-25(2)21(29)27-11-14-10-26(20(28)18-7-6-16(23)9-24-18)12-17(14)19(27)13-4-3-5-15(22)8-13/h3-9,14,17,19H,10-12H2,1-2H3/t14-,17-,19-/m1/s1. The largest absolute Gasteiger partial charge is 0.337 e. The fraction of sp³-hybridized carbons (Fsp3) is 0.381. The van der Waals surface area contributed by atoms with Crippen LogP contribution in [0.1, 0.15) is 22.1 Å². The van der Waals surface area contributed by atoms with Gasteiger partial charge in [0.1, 0.15) is 17.3 Å². The fourth-order valence-corrected chi connectivity index (χ4v) is 4.45. The number of carbonyl (C=O) groups excluding carboxylic acids is 2. The number of hydrogen-bond acceptors (Lipinski definition) is 3. The molecule has 2 aromatic rings. The Morgan fingerprint density at radius 1 is 1.07 bits per heavy atom. The first-order chi connectivity index (χ1) is 13.8. The number of nitrogens with zero attached hydrogens (tertiary/aromatic N) is 4. The SMILES string of the molecule is CN(C)C(=O)N1C[C@H]2CN(C(=O)c3ccc(F)cn3)C[C@H]2[C@H]1c1cccc(F)c1. The van der Waals surface area contributed by atoms with E-state index in [2.05, 4.69) is 4.98 Å². The van der Waals surface area contributed by atoms with Crippen molar-refractivity contribution in [2.75, 3.05) is 33.7 Å². The molecular formula is C21H22F2N4O2. The molecule has 3 atom stereocenters. The second-order valence-corrected chi connectivity index (χ2v) is 7.82. The van der Waals surface area contributed by atoms with Gasteiger partial charge in [0.25, 0.3) is 5.91 Å². The lowest BCUT2D eigenvalue weighted by atomic mass is 9.89. The van der Waals surface area contributed by atoms with Crippen molar-refractivity contribution in [3.05, 3.63) is 65.5 Å². The number of carbonyl (C=O) groups is 2. The van der Waals surface area contributed by atoms with Crippen LogP contribution in [0.2, 0.25) is 0 Å². The summed E-state index contributed by atoms with van der Waals surface area (Å²) < 4.78 is 27.0. The summed E-state index contributed by atoms with van der Waals surface area (Å²) in [5, 5.41) is 0. The molecule has 0 spiro atoms. The normalized spacial score (nSPS) is 23.2. The zero-order chi connectivity index (χ0) is 20.7. The predicted molar refractivity (Wildman–Crippen MR) is 102 cm³/mol. The quantitative estimate of drug-likeness (QED) is 0.779. The highest BCUT2D eigenvalue weighted by Crippen LogP contribution is 2.45. The second kappa shape index (κ2) is 7.42. The summed E-state index contributed by atoms with van der Waals surface area (Å²) >= 11 is 0. The zero-order valence-corrected chi connectivity index (χ0v) is 16.3. The van der Waals surface area contributed by atoms with Crippen LogP contribution in [-0.2, 0) is 0 Å². The number of pyridine rings is 1. The molecule has 0 unspecified atom stereocenters. The van der Waals surface area contributed by atoms with E-state index in [4.69, 9.17) is 0 Å². The lowest BCUT2D eigenvalue weighted by molar-refractivity contribution is 0.0760. The molecule has 2 fully saturated rings. The second-order valence-electron chi connectivity index (χ2n) is 7.82. The molecule has 0 aliphatic carbocycles. The number of hydrogen-bond donors (Lipinski definition) is 0. The number of amides is 3. The van der Waals surface area contributed by atoms with E-state index in [9.17, 15) is 18.4 Å². The van der Waals surface area contributed by atoms with E-state index < -0.39 is 5.82 Å². The highest BCUT2D eigenvalue weighted by molar-refractivity contribution is 5.92. The number of benzene rings is 1. The van der Waals surface area contributed by atoms with E-state index in [1.165, 1.54) is 29.2 Å². The first-order valence-electron chi connectivity index (χ1n) is 9.49. The predicted octanol–water partition coefficient (Wildman–Crippen LogP) is 2.79. The number of urea groups is 1. The molecule has 2 aliphatic heterocycles. The molecule has 29 heavy (non-hydrogen) atoms. The third kappa shape index (κ3) is 3.54. The molecule has 152 valence electrons. The number of likely N-dealkylation sites (tertiary alicyclic amines) is 2. The third-order valence-electron chi connectivity index (χ3n) is 5.72. The molecule has 4 rings (SSSR count). The van der Waals surface area contributed by atoms with Crippen LogP contribution in [0.3, 0.4) is 0 Å². The van der Waals surface area contributed by atoms with Gasteiger partial charge in [-0.1, -0.05) is 12.1 Å². The first kappa shape index (κ1) is 19.3. The van der Waals surface area contributed by atoms with Crippen molar-refractivity contribution in [3.63, 3.8) is 0 Å². The highest BCUT2D eigenvalue weighted by Gasteiger charge is 2.50. The average Bonchev–Trinajstić information content (AvgIpc) is 3.25. The van der Waals surface area contributed by atoms with Gasteiger partial charge in [-0.25, -0.2) is 18.6 Å². The molecule has 2 aliphatic rings. The fourth-order valence-electron chi connectivity index (χ4n) is 4.45. The maximum Gasteiger partial charge on any atom is 0.320 e. The monoisotopic (exact) mass is 400 g/mol. The summed E-state index contributed by atoms with van der Waals surface area (Å²) in [5.41, 5.74) is 0.914. The molecule has 0 N–H and O–H groups in total. The minimum atomic E-state index is -0.496. The summed E-state index contributed by atoms with van der Waals surface area (Å²) in [6.07, 6.45) is 1.02. The molecule has 0 saturated carbocycles. The maximum atomic E-state index is 13.9. The van der Waals surface area contributed by atoms with Crippen molar-refractivity contribution in [1.82, 2.24) is 19.7 Å². The Balaban J connectivity index is 1.61. The van der Waals surface area contributed by atoms with Crippen LogP contribution in [0, 0.1) is 23.5 Å². The molecule has 0 radical (unpaired) electrons. The van der Waals surface area contributed by atoms with Crippen molar-refractivity contribution >= 4 is 11.9 Å². The Morgan fingerprint density at radius 3 is 2.52 bits per heavy atom. The van der Waals surface area contributed by atoms with Crippen LogP contribution in [0.15, 0.2) is 42.6 Å². The Labute approximate surface area is 167 Å². The summed E-state index contributed by atoms with van der Waals surface area (Å²) in [6, 6.07) is 8.42. The number of fused-ring (bicyclic) bond motifs is 1. The van der Waals surface area contributed by atoms with E-state index in [0.717, 1.165) is 11.8 Å². The van der Waals surface area contributed by atoms with E-state index >= 15 is 0 Å². The van der Waals surface area contributed by atoms with Gasteiger partial charge in [0.15, 0.2) is 0 Å². The van der Waals surface area contributed by atoms with Crippen LogP contribution in [-0.4, -0.2) is 65.4 Å². The average molecular weight is 400 g/mol. The van der Waals surface area contributed by atoms with Crippen LogP contribution < -0.4 is 0 Å². The Bertz CT molecular complexity index is 935. The van der Waals surface area contributed by atoms with Crippen molar-refractivity contribution < 1.29 is 18.4 Å². The van der Waals surface area contributed by atoms with E-state index in [0.29, 0.717) is 19.6 Å². The first-order valence-corrected chi connectivity index (χ1v) is 9.49. The molecule has 2 saturated heterocycles. The molecular weight excluding hydrogens is 378 g/mol. The summed E-state index contributed by atoms with van der Waals surface area (Å²) in [7, 11) is 3.38. The smallest absolute Gasteiger partial charge is 0.320 e. The van der Waals surface area contributed by atoms with Gasteiger partial charge in [-0.2, -0.15) is 0 Å². The molecule has 1 aromatic carbocycles. The zero-order valence-electron chi connectivity index (χ0n) is 16.3. The van der Waals surface area contributed by atoms with Crippen molar-refractivity contribution in [2.45, 2.75) is 6.04 Å². The topological polar surface area (TPSA) is 56.8 Å². The van der Waals surface area contributed by atoms with Crippen LogP contribution in [0.4, 0.5) is 13.6 Å². The molecule has 3 amide bonds. The summed E-state index contributed by atoms with van der Waals surface area (Å²) in [4.78, 5) is 34.4. The van der Waals surface area contributed by atoms with Crippen molar-refractivity contribution in [1.29, 1.82) is 0 Å². The van der Waals surface area contributed by atoms with Gasteiger partial charge in [0.05, 0.1) is 12.2 Å². The minimum Gasteiger partial charge on any atom is -0.337 e. The van der Waals surface area contributed by atoms with Gasteiger partial charge in [0.2, 0.25) is 0 Å². The van der Waals surface area contributed by atoms with E-state index in [-0.39, 0.29) is 41.3 Å². The van der Waals surface area contributed by atoms with Gasteiger partial charge in [0, 0.05) is 45.6 Å². The number of aromatic nitrogens is 1. The van der Waals surface area contributed by atoms with Crippen molar-refractivity contribution in [3.8, 4) is 0 Å². The van der Waals surface area contributed by atoms with Crippen LogP contribution >= 0.6 is 0 Å². The highest BCUT2D eigenvalue weighted by atomic mass is 19.1. The third-order valence-corrected chi connectivity index (χ3v) is 5.72. The Morgan fingerprint density at radius 2 is 1.86 bits per heavy atom. The summed E-state index contributed by atoms with van der Waals surface area (Å²) in [5.74, 6) is -1.04. The number of rotatable bonds is 2. The summed E-state index contributed by atoms with van der Waals surface area (Å²) in [6.45, 7) is 1.40. The van der Waals surface area contributed by atoms with Gasteiger partial charge in [-0.05, 0) is 29.8 Å². The van der Waals surface area contributed by atoms with Gasteiger partial charge in [-0.15, -0.1) is 0 Å². The Kier molecular flexibility index (Phi) is 4.94. The Hall–Kier alpha value is -3.03. The van der Waals surface area contributed by atoms with Crippen LogP contribution in [0.5, 0.6) is 0 Å². The maximum absolute atomic E-state index is 13.9. The molecule has 8 heteroatoms. The molecule has 3 heterocycles.